The summed E-state index contributed by atoms with van der Waals surface area (Å²) in [7, 11) is 0. The molecule has 128 valence electrons. The molecule has 3 aromatic rings. The van der Waals surface area contributed by atoms with Gasteiger partial charge >= 0.3 is 0 Å². The number of benzene rings is 1. The van der Waals surface area contributed by atoms with Crippen LogP contribution < -0.4 is 5.32 Å². The van der Waals surface area contributed by atoms with Gasteiger partial charge in [-0.3, -0.25) is 4.79 Å². The van der Waals surface area contributed by atoms with Gasteiger partial charge in [0.2, 0.25) is 5.91 Å². The standard InChI is InChI=1S/C19H16N6O/c20-8-11-4-3-7-13-15(19(26)24-16(11)13)17-14-9-23-25(12-5-1-2-6-12)18(14)22-10-21-17/h3-4,7,9-10,12,15H,1-2,5-6H2,(H,24,26). The third-order valence-corrected chi connectivity index (χ3v) is 5.40. The molecule has 0 bridgehead atoms. The molecule has 1 fully saturated rings. The quantitative estimate of drug-likeness (QED) is 0.771. The molecule has 1 saturated carbocycles. The zero-order valence-corrected chi connectivity index (χ0v) is 14.0. The van der Waals surface area contributed by atoms with Crippen molar-refractivity contribution >= 4 is 22.6 Å². The first-order chi connectivity index (χ1) is 12.8. The lowest BCUT2D eigenvalue weighted by molar-refractivity contribution is -0.116. The molecule has 1 N–H and O–H groups in total. The van der Waals surface area contributed by atoms with E-state index in [4.69, 9.17) is 0 Å². The Balaban J connectivity index is 1.67. The number of carbonyl (C=O) groups is 1. The molecule has 7 heteroatoms. The van der Waals surface area contributed by atoms with Crippen LogP contribution in [0.2, 0.25) is 0 Å². The summed E-state index contributed by atoms with van der Waals surface area (Å²) in [6.45, 7) is 0. The fraction of sp³-hybridized carbons (Fsp3) is 0.316. The van der Waals surface area contributed by atoms with E-state index in [9.17, 15) is 10.1 Å². The van der Waals surface area contributed by atoms with Crippen LogP contribution in [0.25, 0.3) is 11.0 Å². The Morgan fingerprint density at radius 3 is 2.88 bits per heavy atom. The Hall–Kier alpha value is -3.27. The van der Waals surface area contributed by atoms with Crippen molar-refractivity contribution in [1.29, 1.82) is 5.26 Å². The Bertz CT molecular complexity index is 1070. The highest BCUT2D eigenvalue weighted by Gasteiger charge is 2.36. The molecular formula is C19H16N6O. The van der Waals surface area contributed by atoms with Crippen LogP contribution in [-0.4, -0.2) is 25.7 Å². The van der Waals surface area contributed by atoms with Gasteiger partial charge in [-0.05, 0) is 24.5 Å². The van der Waals surface area contributed by atoms with Gasteiger partial charge in [-0.2, -0.15) is 10.4 Å². The maximum Gasteiger partial charge on any atom is 0.238 e. The Morgan fingerprint density at radius 1 is 1.23 bits per heavy atom. The van der Waals surface area contributed by atoms with E-state index in [1.54, 1.807) is 18.3 Å². The molecule has 1 amide bonds. The number of hydrogen-bond donors (Lipinski definition) is 1. The van der Waals surface area contributed by atoms with Crippen molar-refractivity contribution in [2.45, 2.75) is 37.6 Å². The summed E-state index contributed by atoms with van der Waals surface area (Å²) in [6, 6.07) is 7.87. The molecule has 26 heavy (non-hydrogen) atoms. The molecule has 0 saturated heterocycles. The second-order valence-corrected chi connectivity index (χ2v) is 6.83. The molecule has 7 nitrogen and oxygen atoms in total. The Labute approximate surface area is 149 Å². The van der Waals surface area contributed by atoms with Gasteiger partial charge in [0.05, 0.1) is 34.6 Å². The van der Waals surface area contributed by atoms with E-state index in [1.807, 2.05) is 10.7 Å². The smallest absolute Gasteiger partial charge is 0.238 e. The minimum atomic E-state index is -0.551. The van der Waals surface area contributed by atoms with Crippen LogP contribution in [-0.2, 0) is 4.79 Å². The molecule has 1 atom stereocenters. The van der Waals surface area contributed by atoms with Crippen LogP contribution in [0.3, 0.4) is 0 Å². The lowest BCUT2D eigenvalue weighted by Crippen LogP contribution is -2.15. The second-order valence-electron chi connectivity index (χ2n) is 6.83. The summed E-state index contributed by atoms with van der Waals surface area (Å²) in [5.74, 6) is -0.721. The van der Waals surface area contributed by atoms with Crippen LogP contribution in [0.4, 0.5) is 5.69 Å². The predicted octanol–water partition coefficient (Wildman–Crippen LogP) is 2.90. The van der Waals surface area contributed by atoms with E-state index in [1.165, 1.54) is 19.2 Å². The number of hydrogen-bond acceptors (Lipinski definition) is 5. The summed E-state index contributed by atoms with van der Waals surface area (Å²) in [5.41, 5.74) is 3.25. The molecule has 0 radical (unpaired) electrons. The van der Waals surface area contributed by atoms with E-state index in [0.717, 1.165) is 29.4 Å². The van der Waals surface area contributed by atoms with Gasteiger partial charge in [0, 0.05) is 0 Å². The lowest BCUT2D eigenvalue weighted by Gasteiger charge is -2.12. The lowest BCUT2D eigenvalue weighted by atomic mass is 9.94. The molecule has 1 aromatic carbocycles. The first-order valence-electron chi connectivity index (χ1n) is 8.80. The fourth-order valence-electron chi connectivity index (χ4n) is 4.18. The van der Waals surface area contributed by atoms with E-state index in [-0.39, 0.29) is 5.91 Å². The van der Waals surface area contributed by atoms with Gasteiger partial charge in [-0.15, -0.1) is 0 Å². The largest absolute Gasteiger partial charge is 0.324 e. The summed E-state index contributed by atoms with van der Waals surface area (Å²) in [5, 5.41) is 17.5. The van der Waals surface area contributed by atoms with E-state index < -0.39 is 5.92 Å². The molecule has 2 aliphatic rings. The van der Waals surface area contributed by atoms with Gasteiger partial charge in [0.1, 0.15) is 18.3 Å². The monoisotopic (exact) mass is 344 g/mol. The van der Waals surface area contributed by atoms with E-state index in [2.05, 4.69) is 26.5 Å². The SMILES string of the molecule is N#Cc1cccc2c1NC(=O)C2c1ncnc2c1cnn2C1CCCC1. The van der Waals surface area contributed by atoms with E-state index >= 15 is 0 Å². The van der Waals surface area contributed by atoms with E-state index in [0.29, 0.717) is 23.0 Å². The van der Waals surface area contributed by atoms with Gasteiger partial charge < -0.3 is 5.32 Å². The van der Waals surface area contributed by atoms with Gasteiger partial charge in [0.15, 0.2) is 5.65 Å². The normalized spacial score (nSPS) is 19.5. The molecule has 0 spiro atoms. The molecule has 1 unspecified atom stereocenters. The number of fused-ring (bicyclic) bond motifs is 2. The summed E-state index contributed by atoms with van der Waals surface area (Å²) < 4.78 is 1.98. The minimum Gasteiger partial charge on any atom is -0.324 e. The highest BCUT2D eigenvalue weighted by molar-refractivity contribution is 6.07. The number of amides is 1. The number of aromatic nitrogens is 4. The minimum absolute atomic E-state index is 0.170. The fourth-order valence-corrected chi connectivity index (χ4v) is 4.18. The van der Waals surface area contributed by atoms with Crippen LogP contribution in [0, 0.1) is 11.3 Å². The Morgan fingerprint density at radius 2 is 2.08 bits per heavy atom. The maximum absolute atomic E-state index is 12.7. The molecule has 3 heterocycles. The summed E-state index contributed by atoms with van der Waals surface area (Å²) in [6.07, 6.45) is 7.90. The first-order valence-corrected chi connectivity index (χ1v) is 8.80. The summed E-state index contributed by atoms with van der Waals surface area (Å²) in [4.78, 5) is 21.6. The maximum atomic E-state index is 12.7. The van der Waals surface area contributed by atoms with Crippen molar-refractivity contribution in [3.63, 3.8) is 0 Å². The Kier molecular flexibility index (Phi) is 3.25. The number of anilines is 1. The summed E-state index contributed by atoms with van der Waals surface area (Å²) >= 11 is 0. The molecule has 1 aliphatic heterocycles. The van der Waals surface area contributed by atoms with Gasteiger partial charge in [-0.25, -0.2) is 14.6 Å². The molecule has 2 aromatic heterocycles. The average Bonchev–Trinajstić information content (AvgIpc) is 3.38. The van der Waals surface area contributed by atoms with Crippen molar-refractivity contribution in [2.24, 2.45) is 0 Å². The number of nitriles is 1. The van der Waals surface area contributed by atoms with Crippen molar-refractivity contribution < 1.29 is 4.79 Å². The van der Waals surface area contributed by atoms with Crippen molar-refractivity contribution in [1.82, 2.24) is 19.7 Å². The van der Waals surface area contributed by atoms with Gasteiger partial charge in [-0.1, -0.05) is 25.0 Å². The van der Waals surface area contributed by atoms with Crippen molar-refractivity contribution in [3.8, 4) is 6.07 Å². The van der Waals surface area contributed by atoms with Crippen LogP contribution in [0.1, 0.15) is 54.5 Å². The number of para-hydroxylation sites is 1. The van der Waals surface area contributed by atoms with Crippen LogP contribution in [0.15, 0.2) is 30.7 Å². The topological polar surface area (TPSA) is 96.5 Å². The van der Waals surface area contributed by atoms with Crippen LogP contribution >= 0.6 is 0 Å². The molecule has 5 rings (SSSR count). The third kappa shape index (κ3) is 2.05. The second kappa shape index (κ2) is 5.63. The zero-order valence-electron chi connectivity index (χ0n) is 14.0. The predicted molar refractivity (Wildman–Crippen MR) is 94.5 cm³/mol. The highest BCUT2D eigenvalue weighted by atomic mass is 16.2. The average molecular weight is 344 g/mol. The zero-order chi connectivity index (χ0) is 17.7. The number of nitrogens with zero attached hydrogens (tertiary/aromatic N) is 5. The van der Waals surface area contributed by atoms with Crippen molar-refractivity contribution in [3.05, 3.63) is 47.5 Å². The number of carbonyl (C=O) groups excluding carboxylic acids is 1. The molecule has 1 aliphatic carbocycles. The highest BCUT2D eigenvalue weighted by Crippen LogP contribution is 2.40. The van der Waals surface area contributed by atoms with Crippen LogP contribution in [0.5, 0.6) is 0 Å². The third-order valence-electron chi connectivity index (χ3n) is 5.40. The van der Waals surface area contributed by atoms with Crippen molar-refractivity contribution in [2.75, 3.05) is 5.32 Å². The molecular weight excluding hydrogens is 328 g/mol. The van der Waals surface area contributed by atoms with Gasteiger partial charge in [0.25, 0.3) is 0 Å². The number of nitrogens with one attached hydrogen (secondary N) is 1. The number of rotatable bonds is 2. The first kappa shape index (κ1) is 15.0.